The molecule has 2 aromatic heterocycles. The van der Waals surface area contributed by atoms with Gasteiger partial charge in [0.1, 0.15) is 10.3 Å². The maximum absolute atomic E-state index is 11.8. The molecule has 7 heteroatoms. The lowest BCUT2D eigenvalue weighted by atomic mass is 10.2. The summed E-state index contributed by atoms with van der Waals surface area (Å²) in [4.78, 5) is 22.2. The number of imidazole rings is 1. The average Bonchev–Trinajstić information content (AvgIpc) is 2.77. The van der Waals surface area contributed by atoms with Gasteiger partial charge in [-0.1, -0.05) is 23.2 Å². The predicted molar refractivity (Wildman–Crippen MR) is 64.0 cm³/mol. The first-order valence-electron chi connectivity index (χ1n) is 4.73. The van der Waals surface area contributed by atoms with Crippen LogP contribution in [0.4, 0.5) is 0 Å². The molecule has 0 aliphatic rings. The van der Waals surface area contributed by atoms with E-state index in [1.807, 2.05) is 0 Å². The van der Waals surface area contributed by atoms with Gasteiger partial charge in [0.05, 0.1) is 18.6 Å². The topological polar surface area (TPSA) is 70.7 Å². The molecule has 2 rings (SSSR count). The Morgan fingerprint density at radius 3 is 2.65 bits per heavy atom. The van der Waals surface area contributed by atoms with Crippen molar-refractivity contribution in [2.45, 2.75) is 6.54 Å². The molecule has 0 unspecified atom stereocenters. The molecule has 0 aromatic carbocycles. The van der Waals surface area contributed by atoms with Crippen molar-refractivity contribution in [1.82, 2.24) is 20.3 Å². The Kier molecular flexibility index (Phi) is 3.61. The van der Waals surface area contributed by atoms with E-state index >= 15 is 0 Å². The average molecular weight is 271 g/mol. The summed E-state index contributed by atoms with van der Waals surface area (Å²) < 4.78 is 0. The van der Waals surface area contributed by atoms with Gasteiger partial charge in [-0.05, 0) is 12.1 Å². The molecule has 0 saturated carbocycles. The van der Waals surface area contributed by atoms with Crippen LogP contribution in [-0.2, 0) is 6.54 Å². The Morgan fingerprint density at radius 2 is 2.06 bits per heavy atom. The van der Waals surface area contributed by atoms with E-state index in [2.05, 4.69) is 20.3 Å². The van der Waals surface area contributed by atoms with Crippen molar-refractivity contribution in [3.63, 3.8) is 0 Å². The molecule has 2 heterocycles. The number of hydrogen-bond acceptors (Lipinski definition) is 3. The van der Waals surface area contributed by atoms with Crippen molar-refractivity contribution in [1.29, 1.82) is 0 Å². The van der Waals surface area contributed by atoms with Gasteiger partial charge in [-0.15, -0.1) is 0 Å². The minimum Gasteiger partial charge on any atom is -0.347 e. The number of aromatic amines is 1. The number of aromatic nitrogens is 3. The number of carbonyl (C=O) groups excluding carboxylic acids is 1. The van der Waals surface area contributed by atoms with Crippen molar-refractivity contribution in [2.24, 2.45) is 0 Å². The van der Waals surface area contributed by atoms with E-state index in [9.17, 15) is 4.79 Å². The smallest absolute Gasteiger partial charge is 0.251 e. The Morgan fingerprint density at radius 1 is 1.35 bits per heavy atom. The standard InChI is InChI=1S/C10H8Cl2N4O/c11-8-1-6(2-9(12)16-8)10(17)14-4-7-3-13-5-15-7/h1-3,5H,4H2,(H,13,15)(H,14,17). The predicted octanol–water partition coefficient (Wildman–Crippen LogP) is 2.04. The maximum Gasteiger partial charge on any atom is 0.251 e. The zero-order chi connectivity index (χ0) is 12.3. The van der Waals surface area contributed by atoms with E-state index in [4.69, 9.17) is 23.2 Å². The van der Waals surface area contributed by atoms with Crippen LogP contribution in [-0.4, -0.2) is 20.9 Å². The Balaban J connectivity index is 2.04. The number of H-pyrrole nitrogens is 1. The van der Waals surface area contributed by atoms with Gasteiger partial charge in [-0.3, -0.25) is 4.79 Å². The van der Waals surface area contributed by atoms with E-state index < -0.39 is 0 Å². The van der Waals surface area contributed by atoms with Crippen molar-refractivity contribution >= 4 is 29.1 Å². The van der Waals surface area contributed by atoms with Crippen LogP contribution in [0.15, 0.2) is 24.7 Å². The fourth-order valence-electron chi connectivity index (χ4n) is 1.25. The van der Waals surface area contributed by atoms with Gasteiger partial charge in [-0.2, -0.15) is 0 Å². The first kappa shape index (κ1) is 11.9. The van der Waals surface area contributed by atoms with E-state index in [0.29, 0.717) is 12.1 Å². The molecule has 5 nitrogen and oxygen atoms in total. The zero-order valence-corrected chi connectivity index (χ0v) is 10.1. The second-order valence-corrected chi connectivity index (χ2v) is 4.04. The number of hydrogen-bond donors (Lipinski definition) is 2. The number of nitrogens with one attached hydrogen (secondary N) is 2. The van der Waals surface area contributed by atoms with Gasteiger partial charge < -0.3 is 10.3 Å². The quantitative estimate of drug-likeness (QED) is 0.839. The summed E-state index contributed by atoms with van der Waals surface area (Å²) in [6, 6.07) is 2.91. The normalized spacial score (nSPS) is 10.2. The number of nitrogens with zero attached hydrogens (tertiary/aromatic N) is 2. The molecule has 0 bridgehead atoms. The molecule has 0 saturated heterocycles. The number of halogens is 2. The molecule has 1 amide bonds. The number of pyridine rings is 1. The number of carbonyl (C=O) groups is 1. The molecule has 17 heavy (non-hydrogen) atoms. The van der Waals surface area contributed by atoms with Crippen molar-refractivity contribution in [3.05, 3.63) is 46.2 Å². The molecule has 88 valence electrons. The SMILES string of the molecule is O=C(NCc1cnc[nH]1)c1cc(Cl)nc(Cl)c1. The van der Waals surface area contributed by atoms with Gasteiger partial charge in [0.25, 0.3) is 5.91 Å². The molecule has 0 aliphatic heterocycles. The lowest BCUT2D eigenvalue weighted by molar-refractivity contribution is 0.0950. The van der Waals surface area contributed by atoms with Crippen LogP contribution in [0.3, 0.4) is 0 Å². The van der Waals surface area contributed by atoms with Crippen LogP contribution in [0.2, 0.25) is 10.3 Å². The summed E-state index contributed by atoms with van der Waals surface area (Å²) in [6.45, 7) is 0.358. The lowest BCUT2D eigenvalue weighted by Gasteiger charge is -2.04. The summed E-state index contributed by atoms with van der Waals surface area (Å²) in [5, 5.41) is 3.07. The summed E-state index contributed by atoms with van der Waals surface area (Å²) in [7, 11) is 0. The molecule has 2 aromatic rings. The second kappa shape index (κ2) is 5.16. The molecular weight excluding hydrogens is 263 g/mol. The maximum atomic E-state index is 11.8. The molecule has 0 aliphatic carbocycles. The zero-order valence-electron chi connectivity index (χ0n) is 8.58. The highest BCUT2D eigenvalue weighted by molar-refractivity contribution is 6.33. The van der Waals surface area contributed by atoms with Crippen LogP contribution < -0.4 is 5.32 Å². The van der Waals surface area contributed by atoms with Gasteiger partial charge in [0, 0.05) is 11.8 Å². The highest BCUT2D eigenvalue weighted by atomic mass is 35.5. The molecule has 0 radical (unpaired) electrons. The largest absolute Gasteiger partial charge is 0.347 e. The first-order valence-corrected chi connectivity index (χ1v) is 5.49. The Labute approximate surface area is 107 Å². The monoisotopic (exact) mass is 270 g/mol. The van der Waals surface area contributed by atoms with E-state index in [1.165, 1.54) is 12.1 Å². The van der Waals surface area contributed by atoms with Gasteiger partial charge >= 0.3 is 0 Å². The van der Waals surface area contributed by atoms with Crippen LogP contribution in [0.5, 0.6) is 0 Å². The highest BCUT2D eigenvalue weighted by Gasteiger charge is 2.08. The molecular formula is C10H8Cl2N4O. The third kappa shape index (κ3) is 3.18. The van der Waals surface area contributed by atoms with E-state index in [-0.39, 0.29) is 16.2 Å². The van der Waals surface area contributed by atoms with Gasteiger partial charge in [0.2, 0.25) is 0 Å². The Hall–Kier alpha value is -1.59. The molecule has 0 fully saturated rings. The summed E-state index contributed by atoms with van der Waals surface area (Å²) in [5.74, 6) is -0.272. The first-order chi connectivity index (χ1) is 8.15. The fourth-order valence-corrected chi connectivity index (χ4v) is 1.72. The lowest BCUT2D eigenvalue weighted by Crippen LogP contribution is -2.23. The third-order valence-corrected chi connectivity index (χ3v) is 2.41. The van der Waals surface area contributed by atoms with Crippen molar-refractivity contribution < 1.29 is 4.79 Å². The van der Waals surface area contributed by atoms with E-state index in [1.54, 1.807) is 12.5 Å². The molecule has 0 spiro atoms. The van der Waals surface area contributed by atoms with Gasteiger partial charge in [0.15, 0.2) is 0 Å². The Bertz CT molecular complexity index is 507. The van der Waals surface area contributed by atoms with Crippen LogP contribution in [0.1, 0.15) is 16.1 Å². The second-order valence-electron chi connectivity index (χ2n) is 3.26. The number of rotatable bonds is 3. The summed E-state index contributed by atoms with van der Waals surface area (Å²) in [5.41, 5.74) is 1.18. The van der Waals surface area contributed by atoms with Crippen LogP contribution in [0, 0.1) is 0 Å². The minimum atomic E-state index is -0.272. The highest BCUT2D eigenvalue weighted by Crippen LogP contribution is 2.14. The molecule has 0 atom stereocenters. The fraction of sp³-hybridized carbons (Fsp3) is 0.100. The van der Waals surface area contributed by atoms with Crippen LogP contribution in [0.25, 0.3) is 0 Å². The van der Waals surface area contributed by atoms with Crippen molar-refractivity contribution in [2.75, 3.05) is 0 Å². The van der Waals surface area contributed by atoms with E-state index in [0.717, 1.165) is 5.69 Å². The summed E-state index contributed by atoms with van der Waals surface area (Å²) in [6.07, 6.45) is 3.18. The molecule has 2 N–H and O–H groups in total. The minimum absolute atomic E-state index is 0.184. The van der Waals surface area contributed by atoms with Gasteiger partial charge in [-0.25, -0.2) is 9.97 Å². The summed E-state index contributed by atoms with van der Waals surface area (Å²) >= 11 is 11.4. The third-order valence-electron chi connectivity index (χ3n) is 2.02. The van der Waals surface area contributed by atoms with Crippen LogP contribution >= 0.6 is 23.2 Å². The number of amides is 1. The van der Waals surface area contributed by atoms with Crippen molar-refractivity contribution in [3.8, 4) is 0 Å².